The Bertz CT molecular complexity index is 684. The lowest BCUT2D eigenvalue weighted by atomic mass is 9.97. The summed E-state index contributed by atoms with van der Waals surface area (Å²) in [6.45, 7) is 3.93. The van der Waals surface area contributed by atoms with Gasteiger partial charge in [0.15, 0.2) is 0 Å². The molecule has 0 spiro atoms. The fourth-order valence-corrected chi connectivity index (χ4v) is 3.04. The molecule has 0 radical (unpaired) electrons. The summed E-state index contributed by atoms with van der Waals surface area (Å²) in [5.74, 6) is -1.40. The molecule has 2 aliphatic heterocycles. The Morgan fingerprint density at radius 1 is 1.27 bits per heavy atom. The number of hydrogen-bond donors (Lipinski definition) is 1. The zero-order chi connectivity index (χ0) is 16.0. The van der Waals surface area contributed by atoms with E-state index in [0.717, 1.165) is 0 Å². The zero-order valence-corrected chi connectivity index (χ0v) is 12.5. The fourth-order valence-electron chi connectivity index (χ4n) is 3.04. The Balaban J connectivity index is 1.91. The van der Waals surface area contributed by atoms with E-state index in [-0.39, 0.29) is 36.5 Å². The van der Waals surface area contributed by atoms with E-state index < -0.39 is 11.9 Å². The molecule has 3 rings (SSSR count). The van der Waals surface area contributed by atoms with Gasteiger partial charge in [0.2, 0.25) is 11.8 Å². The standard InChI is InChI=1S/C16H17FN2O3/c1-8(2)10-6-11-9(5-12(10)17)7-19(16(11)22)13-3-4-14(20)18-15(13)21/h5-6,8,13H,3-4,7H2,1-2H3,(H,18,20,21). The van der Waals surface area contributed by atoms with Crippen molar-refractivity contribution in [2.45, 2.75) is 45.2 Å². The van der Waals surface area contributed by atoms with E-state index in [2.05, 4.69) is 5.32 Å². The summed E-state index contributed by atoms with van der Waals surface area (Å²) in [7, 11) is 0. The summed E-state index contributed by atoms with van der Waals surface area (Å²) in [4.78, 5) is 37.1. The van der Waals surface area contributed by atoms with Gasteiger partial charge in [-0.25, -0.2) is 4.39 Å². The summed E-state index contributed by atoms with van der Waals surface area (Å²) >= 11 is 0. The van der Waals surface area contributed by atoms with Gasteiger partial charge in [0.05, 0.1) is 0 Å². The molecule has 116 valence electrons. The van der Waals surface area contributed by atoms with Gasteiger partial charge in [-0.2, -0.15) is 0 Å². The molecule has 1 saturated heterocycles. The first-order valence-electron chi connectivity index (χ1n) is 7.35. The Kier molecular flexibility index (Phi) is 3.47. The van der Waals surface area contributed by atoms with Crippen LogP contribution in [0.2, 0.25) is 0 Å². The van der Waals surface area contributed by atoms with E-state index in [1.165, 1.54) is 11.0 Å². The van der Waals surface area contributed by atoms with Crippen molar-refractivity contribution in [3.8, 4) is 0 Å². The number of benzene rings is 1. The van der Waals surface area contributed by atoms with Gasteiger partial charge in [0, 0.05) is 18.5 Å². The maximum Gasteiger partial charge on any atom is 0.255 e. The zero-order valence-electron chi connectivity index (χ0n) is 12.5. The van der Waals surface area contributed by atoms with Gasteiger partial charge in [0.1, 0.15) is 11.9 Å². The van der Waals surface area contributed by atoms with Crippen LogP contribution in [0.5, 0.6) is 0 Å². The van der Waals surface area contributed by atoms with Crippen LogP contribution in [-0.2, 0) is 16.1 Å². The smallest absolute Gasteiger partial charge is 0.255 e. The summed E-state index contributed by atoms with van der Waals surface area (Å²) in [6.07, 6.45) is 0.520. The molecule has 22 heavy (non-hydrogen) atoms. The highest BCUT2D eigenvalue weighted by Gasteiger charge is 2.39. The highest BCUT2D eigenvalue weighted by atomic mass is 19.1. The van der Waals surface area contributed by atoms with Crippen LogP contribution < -0.4 is 5.32 Å². The van der Waals surface area contributed by atoms with Gasteiger partial charge in [-0.15, -0.1) is 0 Å². The minimum absolute atomic E-state index is 0.0252. The molecule has 1 aromatic carbocycles. The second-order valence-corrected chi connectivity index (χ2v) is 6.09. The topological polar surface area (TPSA) is 66.5 Å². The summed E-state index contributed by atoms with van der Waals surface area (Å²) in [5, 5.41) is 2.25. The molecule has 0 saturated carbocycles. The normalized spacial score (nSPS) is 21.4. The molecule has 1 atom stereocenters. The first kappa shape index (κ1) is 14.7. The monoisotopic (exact) mass is 304 g/mol. The largest absolute Gasteiger partial charge is 0.322 e. The van der Waals surface area contributed by atoms with Crippen molar-refractivity contribution < 1.29 is 18.8 Å². The third-order valence-corrected chi connectivity index (χ3v) is 4.26. The second-order valence-electron chi connectivity index (χ2n) is 6.09. The third-order valence-electron chi connectivity index (χ3n) is 4.26. The lowest BCUT2D eigenvalue weighted by Crippen LogP contribution is -2.52. The number of fused-ring (bicyclic) bond motifs is 1. The predicted octanol–water partition coefficient (Wildman–Crippen LogP) is 1.71. The molecule has 0 aliphatic carbocycles. The number of nitrogens with one attached hydrogen (secondary N) is 1. The quantitative estimate of drug-likeness (QED) is 0.846. The van der Waals surface area contributed by atoms with E-state index in [1.807, 2.05) is 13.8 Å². The fraction of sp³-hybridized carbons (Fsp3) is 0.438. The second kappa shape index (κ2) is 5.19. The van der Waals surface area contributed by atoms with Crippen LogP contribution in [0.15, 0.2) is 12.1 Å². The van der Waals surface area contributed by atoms with Crippen molar-refractivity contribution in [1.82, 2.24) is 10.2 Å². The molecule has 0 bridgehead atoms. The number of amides is 3. The van der Waals surface area contributed by atoms with Crippen LogP contribution in [0, 0.1) is 5.82 Å². The molecule has 5 nitrogen and oxygen atoms in total. The number of carbonyl (C=O) groups excluding carboxylic acids is 3. The molecule has 1 unspecified atom stereocenters. The first-order chi connectivity index (χ1) is 10.4. The van der Waals surface area contributed by atoms with Crippen molar-refractivity contribution in [2.75, 3.05) is 0 Å². The number of nitrogens with zero attached hydrogens (tertiary/aromatic N) is 1. The Morgan fingerprint density at radius 2 is 2.00 bits per heavy atom. The van der Waals surface area contributed by atoms with Crippen LogP contribution in [-0.4, -0.2) is 28.7 Å². The molecular weight excluding hydrogens is 287 g/mol. The van der Waals surface area contributed by atoms with Crippen LogP contribution in [0.1, 0.15) is 54.1 Å². The highest BCUT2D eigenvalue weighted by molar-refractivity contribution is 6.05. The van der Waals surface area contributed by atoms with Crippen molar-refractivity contribution in [3.05, 3.63) is 34.6 Å². The van der Waals surface area contributed by atoms with Crippen molar-refractivity contribution in [1.29, 1.82) is 0 Å². The molecule has 2 aliphatic rings. The first-order valence-corrected chi connectivity index (χ1v) is 7.35. The Morgan fingerprint density at radius 3 is 2.64 bits per heavy atom. The molecule has 2 heterocycles. The average Bonchev–Trinajstić information content (AvgIpc) is 2.74. The highest BCUT2D eigenvalue weighted by Crippen LogP contribution is 2.31. The van der Waals surface area contributed by atoms with Crippen LogP contribution >= 0.6 is 0 Å². The van der Waals surface area contributed by atoms with Gasteiger partial charge in [-0.1, -0.05) is 13.8 Å². The minimum atomic E-state index is -0.664. The maximum atomic E-state index is 14.1. The Hall–Kier alpha value is -2.24. The van der Waals surface area contributed by atoms with E-state index in [9.17, 15) is 18.8 Å². The minimum Gasteiger partial charge on any atom is -0.322 e. The maximum absolute atomic E-state index is 14.1. The number of imide groups is 1. The van der Waals surface area contributed by atoms with Gasteiger partial charge in [0.25, 0.3) is 5.91 Å². The molecule has 1 fully saturated rings. The molecule has 6 heteroatoms. The molecule has 1 N–H and O–H groups in total. The molecule has 1 aromatic rings. The lowest BCUT2D eigenvalue weighted by Gasteiger charge is -2.29. The van der Waals surface area contributed by atoms with Crippen molar-refractivity contribution >= 4 is 17.7 Å². The van der Waals surface area contributed by atoms with Crippen molar-refractivity contribution in [2.24, 2.45) is 0 Å². The summed E-state index contributed by atoms with van der Waals surface area (Å²) < 4.78 is 14.1. The number of hydrogen-bond acceptors (Lipinski definition) is 3. The van der Waals surface area contributed by atoms with E-state index in [0.29, 0.717) is 23.1 Å². The molecular formula is C16H17FN2O3. The van der Waals surface area contributed by atoms with Gasteiger partial charge < -0.3 is 4.90 Å². The van der Waals surface area contributed by atoms with E-state index >= 15 is 0 Å². The summed E-state index contributed by atoms with van der Waals surface area (Å²) in [5.41, 5.74) is 1.55. The van der Waals surface area contributed by atoms with Crippen LogP contribution in [0.25, 0.3) is 0 Å². The SMILES string of the molecule is CC(C)c1cc2c(cc1F)CN(C1CCC(=O)NC1=O)C2=O. The Labute approximate surface area is 127 Å². The number of rotatable bonds is 2. The van der Waals surface area contributed by atoms with Crippen LogP contribution in [0.3, 0.4) is 0 Å². The number of halogens is 1. The van der Waals surface area contributed by atoms with Crippen molar-refractivity contribution in [3.63, 3.8) is 0 Å². The molecule has 0 aromatic heterocycles. The van der Waals surface area contributed by atoms with Gasteiger partial charge in [-0.05, 0) is 35.6 Å². The van der Waals surface area contributed by atoms with Crippen LogP contribution in [0.4, 0.5) is 4.39 Å². The number of piperidine rings is 1. The lowest BCUT2D eigenvalue weighted by molar-refractivity contribution is -0.136. The third kappa shape index (κ3) is 2.28. The van der Waals surface area contributed by atoms with Gasteiger partial charge >= 0.3 is 0 Å². The number of carbonyl (C=O) groups is 3. The average molecular weight is 304 g/mol. The predicted molar refractivity (Wildman–Crippen MR) is 76.5 cm³/mol. The van der Waals surface area contributed by atoms with E-state index in [1.54, 1.807) is 6.07 Å². The van der Waals surface area contributed by atoms with Gasteiger partial charge in [-0.3, -0.25) is 19.7 Å². The summed E-state index contributed by atoms with van der Waals surface area (Å²) in [6, 6.07) is 2.31. The molecule has 3 amide bonds. The van der Waals surface area contributed by atoms with E-state index in [4.69, 9.17) is 0 Å².